The standard InChI is InChI=1S/C17H31NO/c1-18(16-12-6-3-7-13-16)17(19)14-8-11-15-9-4-2-5-10-15/h15-16H,2-14H2,1H3. The first-order valence-electron chi connectivity index (χ1n) is 8.53. The molecule has 0 aromatic rings. The van der Waals surface area contributed by atoms with Crippen molar-refractivity contribution in [2.75, 3.05) is 7.05 Å². The molecule has 19 heavy (non-hydrogen) atoms. The maximum absolute atomic E-state index is 12.2. The lowest BCUT2D eigenvalue weighted by Gasteiger charge is -2.31. The van der Waals surface area contributed by atoms with Gasteiger partial charge in [-0.3, -0.25) is 4.79 Å². The minimum atomic E-state index is 0.391. The van der Waals surface area contributed by atoms with Gasteiger partial charge < -0.3 is 4.90 Å². The zero-order valence-electron chi connectivity index (χ0n) is 12.7. The Morgan fingerprint density at radius 2 is 1.53 bits per heavy atom. The molecule has 0 heterocycles. The molecule has 0 saturated heterocycles. The highest BCUT2D eigenvalue weighted by atomic mass is 16.2. The third-order valence-corrected chi connectivity index (χ3v) is 5.24. The molecule has 2 heteroatoms. The first-order chi connectivity index (χ1) is 9.27. The van der Waals surface area contributed by atoms with Gasteiger partial charge in [0.2, 0.25) is 5.91 Å². The van der Waals surface area contributed by atoms with Crippen LogP contribution in [0.15, 0.2) is 0 Å². The van der Waals surface area contributed by atoms with Crippen LogP contribution < -0.4 is 0 Å². The van der Waals surface area contributed by atoms with E-state index >= 15 is 0 Å². The quantitative estimate of drug-likeness (QED) is 0.715. The molecule has 2 aliphatic rings. The second kappa shape index (κ2) is 7.91. The van der Waals surface area contributed by atoms with Crippen LogP contribution in [0.1, 0.15) is 83.5 Å². The van der Waals surface area contributed by atoms with Gasteiger partial charge in [0.05, 0.1) is 0 Å². The smallest absolute Gasteiger partial charge is 0.222 e. The Bertz CT molecular complexity index is 264. The van der Waals surface area contributed by atoms with Crippen molar-refractivity contribution in [3.63, 3.8) is 0 Å². The Kier molecular flexibility index (Phi) is 6.19. The van der Waals surface area contributed by atoms with Crippen LogP contribution in [0, 0.1) is 5.92 Å². The van der Waals surface area contributed by atoms with Crippen molar-refractivity contribution in [2.24, 2.45) is 5.92 Å². The highest BCUT2D eigenvalue weighted by molar-refractivity contribution is 5.76. The molecule has 2 saturated carbocycles. The Morgan fingerprint density at radius 3 is 2.16 bits per heavy atom. The maximum Gasteiger partial charge on any atom is 0.222 e. The molecule has 0 atom stereocenters. The lowest BCUT2D eigenvalue weighted by molar-refractivity contribution is -0.132. The third kappa shape index (κ3) is 4.81. The predicted molar refractivity (Wildman–Crippen MR) is 80.1 cm³/mol. The predicted octanol–water partition coefficient (Wildman–Crippen LogP) is 4.53. The summed E-state index contributed by atoms with van der Waals surface area (Å²) in [5.74, 6) is 1.31. The van der Waals surface area contributed by atoms with E-state index in [1.807, 2.05) is 7.05 Å². The van der Waals surface area contributed by atoms with E-state index in [1.54, 1.807) is 0 Å². The van der Waals surface area contributed by atoms with E-state index in [0.717, 1.165) is 18.8 Å². The average molecular weight is 265 g/mol. The molecule has 0 N–H and O–H groups in total. The van der Waals surface area contributed by atoms with Crippen LogP contribution >= 0.6 is 0 Å². The molecule has 2 nitrogen and oxygen atoms in total. The van der Waals surface area contributed by atoms with E-state index in [1.165, 1.54) is 70.6 Å². The molecule has 0 spiro atoms. The minimum absolute atomic E-state index is 0.391. The lowest BCUT2D eigenvalue weighted by atomic mass is 9.85. The topological polar surface area (TPSA) is 20.3 Å². The Balaban J connectivity index is 1.62. The maximum atomic E-state index is 12.2. The fourth-order valence-electron chi connectivity index (χ4n) is 3.87. The van der Waals surface area contributed by atoms with E-state index in [2.05, 4.69) is 4.90 Å². The summed E-state index contributed by atoms with van der Waals surface area (Å²) in [6.45, 7) is 0. The van der Waals surface area contributed by atoms with Gasteiger partial charge in [-0.25, -0.2) is 0 Å². The van der Waals surface area contributed by atoms with Crippen LogP contribution in [0.25, 0.3) is 0 Å². The first-order valence-corrected chi connectivity index (χ1v) is 8.53. The molecule has 2 fully saturated rings. The summed E-state index contributed by atoms with van der Waals surface area (Å²) in [5.41, 5.74) is 0. The Hall–Kier alpha value is -0.530. The molecule has 0 aliphatic heterocycles. The fraction of sp³-hybridized carbons (Fsp3) is 0.941. The monoisotopic (exact) mass is 265 g/mol. The van der Waals surface area contributed by atoms with E-state index in [0.29, 0.717) is 11.9 Å². The normalized spacial score (nSPS) is 22.4. The van der Waals surface area contributed by atoms with Crippen LogP contribution in [0.5, 0.6) is 0 Å². The van der Waals surface area contributed by atoms with Crippen molar-refractivity contribution in [2.45, 2.75) is 89.5 Å². The number of nitrogens with zero attached hydrogens (tertiary/aromatic N) is 1. The highest BCUT2D eigenvalue weighted by Crippen LogP contribution is 2.28. The molecule has 1 amide bonds. The van der Waals surface area contributed by atoms with Gasteiger partial charge >= 0.3 is 0 Å². The molecule has 0 unspecified atom stereocenters. The summed E-state index contributed by atoms with van der Waals surface area (Å²) in [6, 6.07) is 0.538. The van der Waals surface area contributed by atoms with E-state index in [4.69, 9.17) is 0 Å². The van der Waals surface area contributed by atoms with Crippen molar-refractivity contribution in [3.8, 4) is 0 Å². The minimum Gasteiger partial charge on any atom is -0.343 e. The Labute approximate surface area is 118 Å². The van der Waals surface area contributed by atoms with Gasteiger partial charge in [-0.15, -0.1) is 0 Å². The molecule has 0 bridgehead atoms. The van der Waals surface area contributed by atoms with E-state index < -0.39 is 0 Å². The number of rotatable bonds is 5. The van der Waals surface area contributed by atoms with Crippen LogP contribution in [0.4, 0.5) is 0 Å². The van der Waals surface area contributed by atoms with Gasteiger partial charge in [-0.05, 0) is 31.6 Å². The van der Waals surface area contributed by atoms with E-state index in [-0.39, 0.29) is 0 Å². The molecular formula is C17H31NO. The lowest BCUT2D eigenvalue weighted by Crippen LogP contribution is -2.38. The molecule has 2 rings (SSSR count). The van der Waals surface area contributed by atoms with Gasteiger partial charge in [0.25, 0.3) is 0 Å². The second-order valence-electron chi connectivity index (χ2n) is 6.69. The van der Waals surface area contributed by atoms with Crippen molar-refractivity contribution >= 4 is 5.91 Å². The SMILES string of the molecule is CN(C(=O)CCCC1CCCCC1)C1CCCCC1. The average Bonchev–Trinajstić information content (AvgIpc) is 2.48. The molecule has 0 aromatic carbocycles. The first kappa shape index (κ1) is 14.9. The summed E-state index contributed by atoms with van der Waals surface area (Å²) >= 11 is 0. The van der Waals surface area contributed by atoms with Crippen molar-refractivity contribution in [1.29, 1.82) is 0 Å². The number of hydrogen-bond donors (Lipinski definition) is 0. The second-order valence-corrected chi connectivity index (χ2v) is 6.69. The summed E-state index contributed by atoms with van der Waals surface area (Å²) in [4.78, 5) is 14.3. The molecular weight excluding hydrogens is 234 g/mol. The number of hydrogen-bond acceptors (Lipinski definition) is 1. The van der Waals surface area contributed by atoms with Crippen molar-refractivity contribution in [1.82, 2.24) is 4.90 Å². The van der Waals surface area contributed by atoms with E-state index in [9.17, 15) is 4.79 Å². The summed E-state index contributed by atoms with van der Waals surface area (Å²) in [5, 5.41) is 0. The van der Waals surface area contributed by atoms with Crippen molar-refractivity contribution < 1.29 is 4.79 Å². The van der Waals surface area contributed by atoms with Crippen LogP contribution in [0.3, 0.4) is 0 Å². The van der Waals surface area contributed by atoms with Crippen molar-refractivity contribution in [3.05, 3.63) is 0 Å². The Morgan fingerprint density at radius 1 is 0.947 bits per heavy atom. The zero-order valence-corrected chi connectivity index (χ0v) is 12.7. The summed E-state index contributed by atoms with van der Waals surface area (Å²) < 4.78 is 0. The van der Waals surface area contributed by atoms with Crippen LogP contribution in [-0.2, 0) is 4.79 Å². The number of carbonyl (C=O) groups is 1. The van der Waals surface area contributed by atoms with Crippen LogP contribution in [-0.4, -0.2) is 23.9 Å². The fourth-order valence-corrected chi connectivity index (χ4v) is 3.87. The summed E-state index contributed by atoms with van der Waals surface area (Å²) in [6.07, 6.45) is 16.7. The highest BCUT2D eigenvalue weighted by Gasteiger charge is 2.22. The van der Waals surface area contributed by atoms with Gasteiger partial charge in [0.15, 0.2) is 0 Å². The molecule has 0 radical (unpaired) electrons. The number of carbonyl (C=O) groups excluding carboxylic acids is 1. The third-order valence-electron chi connectivity index (χ3n) is 5.24. The largest absolute Gasteiger partial charge is 0.343 e. The molecule has 2 aliphatic carbocycles. The summed E-state index contributed by atoms with van der Waals surface area (Å²) in [7, 11) is 2.03. The molecule has 0 aromatic heterocycles. The van der Waals surface area contributed by atoms with Crippen LogP contribution in [0.2, 0.25) is 0 Å². The number of amides is 1. The van der Waals surface area contributed by atoms with Gasteiger partial charge in [-0.2, -0.15) is 0 Å². The van der Waals surface area contributed by atoms with Gasteiger partial charge in [0, 0.05) is 19.5 Å². The van der Waals surface area contributed by atoms with Gasteiger partial charge in [0.1, 0.15) is 0 Å². The van der Waals surface area contributed by atoms with Gasteiger partial charge in [-0.1, -0.05) is 51.4 Å². The zero-order chi connectivity index (χ0) is 13.5. The molecule has 110 valence electrons.